The zero-order chi connectivity index (χ0) is 9.19. The number of benzene rings is 1. The highest BCUT2D eigenvalue weighted by Crippen LogP contribution is 2.11. The van der Waals surface area contributed by atoms with Crippen LogP contribution < -0.4 is 0 Å². The molecule has 0 radical (unpaired) electrons. The number of rotatable bonds is 2. The Hall–Kier alpha value is -0.810. The summed E-state index contributed by atoms with van der Waals surface area (Å²) in [4.78, 5) is 0.142. The van der Waals surface area contributed by atoms with Gasteiger partial charge in [0.15, 0.2) is 0 Å². The van der Waals surface area contributed by atoms with E-state index in [2.05, 4.69) is 16.2 Å². The molecule has 0 saturated carbocycles. The van der Waals surface area contributed by atoms with Crippen molar-refractivity contribution in [2.75, 3.05) is 0 Å². The summed E-state index contributed by atoms with van der Waals surface area (Å²) in [5.74, 6) is 0. The fourth-order valence-corrected chi connectivity index (χ4v) is 1.58. The Labute approximate surface area is 76.6 Å². The van der Waals surface area contributed by atoms with E-state index in [9.17, 15) is 8.42 Å². The minimum Gasteiger partial charge on any atom is -0.198 e. The van der Waals surface area contributed by atoms with Crippen LogP contribution in [0.25, 0.3) is 0 Å². The zero-order valence-corrected chi connectivity index (χ0v) is 8.02. The second kappa shape index (κ2) is 3.28. The lowest BCUT2D eigenvalue weighted by Gasteiger charge is -1.96. The summed E-state index contributed by atoms with van der Waals surface area (Å²) in [5.41, 5.74) is 0.998. The fourth-order valence-electron chi connectivity index (χ4n) is 0.753. The fraction of sp³-hybridized carbons (Fsp3) is 0.143. The average Bonchev–Trinajstić information content (AvgIpc) is 2.05. The Morgan fingerprint density at radius 3 is 2.17 bits per heavy atom. The smallest absolute Gasteiger partial charge is 0.198 e. The van der Waals surface area contributed by atoms with E-state index < -0.39 is 10.0 Å². The predicted molar refractivity (Wildman–Crippen MR) is 48.2 cm³/mol. The third kappa shape index (κ3) is 1.86. The first-order chi connectivity index (χ1) is 5.56. The van der Waals surface area contributed by atoms with Gasteiger partial charge in [-0.25, -0.2) is 0 Å². The Morgan fingerprint density at radius 2 is 1.75 bits per heavy atom. The molecule has 0 atom stereocenters. The summed E-state index contributed by atoms with van der Waals surface area (Å²) >= 11 is 4.14. The molecule has 0 N–H and O–H groups in total. The minimum absolute atomic E-state index is 0.142. The minimum atomic E-state index is -3.58. The van der Waals surface area contributed by atoms with Gasteiger partial charge in [-0.2, -0.15) is 8.42 Å². The number of sulfonamides is 1. The molecular weight excluding hydrogens is 194 g/mol. The molecule has 1 rings (SSSR count). The molecule has 0 aliphatic rings. The normalized spacial score (nSPS) is 11.1. The number of hydrogen-bond donors (Lipinski definition) is 0. The molecule has 3 nitrogen and oxygen atoms in total. The van der Waals surface area contributed by atoms with E-state index in [1.807, 2.05) is 6.92 Å². The number of hydrogen-bond acceptors (Lipinski definition) is 3. The molecule has 0 aliphatic heterocycles. The molecule has 0 aliphatic carbocycles. The van der Waals surface area contributed by atoms with Gasteiger partial charge in [-0.15, -0.1) is 0 Å². The van der Waals surface area contributed by atoms with Crippen LogP contribution in [0.2, 0.25) is 0 Å². The van der Waals surface area contributed by atoms with E-state index in [1.54, 1.807) is 12.1 Å². The van der Waals surface area contributed by atoms with Gasteiger partial charge in [0.05, 0.1) is 17.3 Å². The second-order valence-corrected chi connectivity index (χ2v) is 4.38. The molecule has 0 aromatic heterocycles. The molecule has 0 heterocycles. The Kier molecular flexibility index (Phi) is 2.54. The zero-order valence-electron chi connectivity index (χ0n) is 6.39. The highest BCUT2D eigenvalue weighted by Gasteiger charge is 2.10. The third-order valence-electron chi connectivity index (χ3n) is 1.42. The van der Waals surface area contributed by atoms with Crippen molar-refractivity contribution < 1.29 is 8.42 Å². The van der Waals surface area contributed by atoms with E-state index in [1.165, 1.54) is 12.1 Å². The van der Waals surface area contributed by atoms with E-state index in [4.69, 9.17) is 0 Å². The lowest BCUT2D eigenvalue weighted by Crippen LogP contribution is -1.94. The van der Waals surface area contributed by atoms with Crippen molar-refractivity contribution in [3.63, 3.8) is 0 Å². The first kappa shape index (κ1) is 9.28. The van der Waals surface area contributed by atoms with Crippen LogP contribution >= 0.6 is 0 Å². The van der Waals surface area contributed by atoms with Crippen molar-refractivity contribution in [3.8, 4) is 0 Å². The summed E-state index contributed by atoms with van der Waals surface area (Å²) in [7, 11) is -3.58. The van der Waals surface area contributed by atoms with Gasteiger partial charge in [0.25, 0.3) is 10.0 Å². The molecule has 1 aromatic rings. The van der Waals surface area contributed by atoms with Gasteiger partial charge in [-0.1, -0.05) is 21.5 Å². The first-order valence-corrected chi connectivity index (χ1v) is 5.03. The predicted octanol–water partition coefficient (Wildman–Crippen LogP) is 1.41. The van der Waals surface area contributed by atoms with Crippen molar-refractivity contribution in [2.45, 2.75) is 11.8 Å². The van der Waals surface area contributed by atoms with Crippen LogP contribution in [0.4, 0.5) is 0 Å². The monoisotopic (exact) mass is 201 g/mol. The van der Waals surface area contributed by atoms with Crippen LogP contribution in [-0.2, 0) is 22.4 Å². The Bertz CT molecular complexity index is 380. The lowest BCUT2D eigenvalue weighted by molar-refractivity contribution is 0.598. The number of nitrogens with zero attached hydrogens (tertiary/aromatic N) is 1. The molecule has 12 heavy (non-hydrogen) atoms. The van der Waals surface area contributed by atoms with E-state index in [0.717, 1.165) is 5.56 Å². The standard InChI is InChI=1S/C7H7NO2S2/c1-6-2-4-7(5-3-6)12(9,10)8-11/h2-5H,1H3. The van der Waals surface area contributed by atoms with Crippen LogP contribution in [0.5, 0.6) is 0 Å². The second-order valence-electron chi connectivity index (χ2n) is 2.36. The molecule has 5 heteroatoms. The van der Waals surface area contributed by atoms with Crippen LogP contribution in [0.3, 0.4) is 0 Å². The summed E-state index contributed by atoms with van der Waals surface area (Å²) in [5, 5.41) is 0. The molecule has 0 unspecified atom stereocenters. The van der Waals surface area contributed by atoms with E-state index >= 15 is 0 Å². The summed E-state index contributed by atoms with van der Waals surface area (Å²) < 4.78 is 25.0. The van der Waals surface area contributed by atoms with Crippen LogP contribution in [-0.4, -0.2) is 8.42 Å². The van der Waals surface area contributed by atoms with Crippen molar-refractivity contribution >= 4 is 22.4 Å². The molecule has 0 amide bonds. The van der Waals surface area contributed by atoms with Crippen molar-refractivity contribution in [1.29, 1.82) is 0 Å². The van der Waals surface area contributed by atoms with E-state index in [0.29, 0.717) is 0 Å². The maximum Gasteiger partial charge on any atom is 0.293 e. The van der Waals surface area contributed by atoms with Gasteiger partial charge in [-0.3, -0.25) is 0 Å². The van der Waals surface area contributed by atoms with Crippen molar-refractivity contribution in [2.24, 2.45) is 3.77 Å². The SMILES string of the molecule is Cc1ccc(S(=O)(=O)N=S)cc1. The quantitative estimate of drug-likeness (QED) is 0.727. The molecule has 0 bridgehead atoms. The first-order valence-electron chi connectivity index (χ1n) is 3.22. The van der Waals surface area contributed by atoms with Gasteiger partial charge in [0.2, 0.25) is 0 Å². The topological polar surface area (TPSA) is 46.5 Å². The van der Waals surface area contributed by atoms with Crippen LogP contribution in [0.15, 0.2) is 32.9 Å². The van der Waals surface area contributed by atoms with E-state index in [-0.39, 0.29) is 4.90 Å². The van der Waals surface area contributed by atoms with Crippen molar-refractivity contribution in [1.82, 2.24) is 0 Å². The van der Waals surface area contributed by atoms with Gasteiger partial charge in [-0.05, 0) is 19.1 Å². The molecular formula is C7H7NO2S2. The Balaban J connectivity index is 3.23. The van der Waals surface area contributed by atoms with Gasteiger partial charge in [0.1, 0.15) is 0 Å². The molecule has 64 valence electrons. The van der Waals surface area contributed by atoms with Gasteiger partial charge >= 0.3 is 0 Å². The Morgan fingerprint density at radius 1 is 1.25 bits per heavy atom. The van der Waals surface area contributed by atoms with Gasteiger partial charge in [0, 0.05) is 0 Å². The molecule has 0 saturated heterocycles. The summed E-state index contributed by atoms with van der Waals surface area (Å²) in [6, 6.07) is 6.38. The van der Waals surface area contributed by atoms with Crippen LogP contribution in [0, 0.1) is 6.92 Å². The lowest BCUT2D eigenvalue weighted by atomic mass is 10.2. The number of aryl methyl sites for hydroxylation is 1. The van der Waals surface area contributed by atoms with Crippen LogP contribution in [0.1, 0.15) is 5.56 Å². The summed E-state index contributed by atoms with van der Waals surface area (Å²) in [6.07, 6.45) is 0. The highest BCUT2D eigenvalue weighted by molar-refractivity contribution is 7.93. The third-order valence-corrected chi connectivity index (χ3v) is 3.07. The summed E-state index contributed by atoms with van der Waals surface area (Å²) in [6.45, 7) is 1.88. The van der Waals surface area contributed by atoms with Crippen molar-refractivity contribution in [3.05, 3.63) is 29.8 Å². The van der Waals surface area contributed by atoms with Gasteiger partial charge < -0.3 is 0 Å². The highest BCUT2D eigenvalue weighted by atomic mass is 32.2. The largest absolute Gasteiger partial charge is 0.293 e. The maximum absolute atomic E-state index is 11.0. The molecule has 0 fully saturated rings. The maximum atomic E-state index is 11.0. The average molecular weight is 201 g/mol. The molecule has 1 aromatic carbocycles. The molecule has 0 spiro atoms.